The van der Waals surface area contributed by atoms with Crippen LogP contribution in [0.5, 0.6) is 0 Å². The topological polar surface area (TPSA) is 142 Å². The molecule has 0 fully saturated rings. The summed E-state index contributed by atoms with van der Waals surface area (Å²) in [6, 6.07) is 4.49. The second-order valence-electron chi connectivity index (χ2n) is 7.53. The smallest absolute Gasteiger partial charge is 0.375 e. The monoisotopic (exact) mass is 587 g/mol. The van der Waals surface area contributed by atoms with Crippen molar-refractivity contribution in [1.82, 2.24) is 29.6 Å². The molecule has 34 heavy (non-hydrogen) atoms. The molecule has 184 valence electrons. The summed E-state index contributed by atoms with van der Waals surface area (Å²) in [7, 11) is 0. The number of aromatic nitrogens is 6. The van der Waals surface area contributed by atoms with Crippen LogP contribution in [0.1, 0.15) is 42.9 Å². The van der Waals surface area contributed by atoms with E-state index in [1.165, 1.54) is 30.0 Å². The van der Waals surface area contributed by atoms with Crippen molar-refractivity contribution < 1.29 is 9.90 Å². The van der Waals surface area contributed by atoms with Crippen molar-refractivity contribution in [3.8, 4) is 5.69 Å². The summed E-state index contributed by atoms with van der Waals surface area (Å²) in [6.45, 7) is 5.70. The summed E-state index contributed by atoms with van der Waals surface area (Å²) in [4.78, 5) is 26.3. The fraction of sp³-hybridized carbons (Fsp3) is 0.333. The number of halogens is 5. The maximum atomic E-state index is 11.7. The number of benzene rings is 1. The summed E-state index contributed by atoms with van der Waals surface area (Å²) >= 11 is 30.4. The zero-order valence-corrected chi connectivity index (χ0v) is 22.7. The zero-order valence-electron chi connectivity index (χ0n) is 18.1. The third-order valence-corrected chi connectivity index (χ3v) is 5.63. The van der Waals surface area contributed by atoms with Crippen molar-refractivity contribution in [1.29, 1.82) is 0 Å². The Morgan fingerprint density at radius 3 is 2.24 bits per heavy atom. The summed E-state index contributed by atoms with van der Waals surface area (Å²) in [5, 5.41) is 21.5. The number of nitrogens with two attached hydrogens (primary N) is 1. The number of carboxylic acids is 1. The first-order valence-corrected chi connectivity index (χ1v) is 12.2. The van der Waals surface area contributed by atoms with Gasteiger partial charge >= 0.3 is 5.97 Å². The van der Waals surface area contributed by atoms with Crippen LogP contribution in [0, 0.1) is 0 Å². The highest BCUT2D eigenvalue weighted by atomic mass is 35.6. The van der Waals surface area contributed by atoms with Gasteiger partial charge in [-0.15, -0.1) is 15.3 Å². The molecule has 0 aliphatic heterocycles. The number of nitrogen functional groups attached to an aromatic ring is 1. The lowest BCUT2D eigenvalue weighted by atomic mass is 9.93. The van der Waals surface area contributed by atoms with Gasteiger partial charge in [-0.1, -0.05) is 90.5 Å². The van der Waals surface area contributed by atoms with Crippen molar-refractivity contribution in [2.24, 2.45) is 0 Å². The lowest BCUT2D eigenvalue weighted by Crippen LogP contribution is -2.37. The Balaban J connectivity index is 0.000000257. The van der Waals surface area contributed by atoms with Crippen LogP contribution in [0.15, 0.2) is 28.2 Å². The normalized spacial score (nSPS) is 11.7. The molecule has 16 heteroatoms. The van der Waals surface area contributed by atoms with Crippen LogP contribution in [0.3, 0.4) is 0 Å². The number of thioether (sulfide) groups is 1. The van der Waals surface area contributed by atoms with E-state index in [-0.39, 0.29) is 27.5 Å². The molecular formula is C18H18Cl5N7O3S. The Hall–Kier alpha value is -1.76. The second kappa shape index (κ2) is 10.9. The van der Waals surface area contributed by atoms with Gasteiger partial charge in [0.1, 0.15) is 5.69 Å². The summed E-state index contributed by atoms with van der Waals surface area (Å²) in [5.74, 6) is 3.51. The fourth-order valence-electron chi connectivity index (χ4n) is 2.40. The minimum atomic E-state index is -1.97. The van der Waals surface area contributed by atoms with Crippen molar-refractivity contribution >= 4 is 75.7 Å². The molecule has 0 aliphatic carbocycles. The SMILES string of the molecule is CSc1nnc(C(C)(C)C)c(=O)n1N.O=C(O)c1nc(C(Cl)(Cl)Cl)n(-c2ccc(Cl)cc2Cl)n1. The molecule has 0 spiro atoms. The average molecular weight is 590 g/mol. The molecule has 3 rings (SSSR count). The van der Waals surface area contributed by atoms with Crippen molar-refractivity contribution in [2.45, 2.75) is 35.1 Å². The summed E-state index contributed by atoms with van der Waals surface area (Å²) in [5.41, 5.74) is 0.0642. The number of carboxylic acid groups (broad SMARTS) is 1. The van der Waals surface area contributed by atoms with E-state index in [1.54, 1.807) is 6.26 Å². The standard InChI is InChI=1S/C10H4Cl5N3O2.C8H14N4OS/c11-4-1-2-6(5(12)3-4)18-9(10(13,14)15)16-7(17-18)8(19)20;1-8(2,3)5-6(13)12(9)7(14-4)11-10-5/h1-3H,(H,19,20);9H2,1-4H3. The number of aromatic carboxylic acids is 1. The highest BCUT2D eigenvalue weighted by Gasteiger charge is 2.33. The first-order valence-electron chi connectivity index (χ1n) is 9.10. The lowest BCUT2D eigenvalue weighted by Gasteiger charge is -2.16. The predicted octanol–water partition coefficient (Wildman–Crippen LogP) is 4.47. The van der Waals surface area contributed by atoms with Crippen molar-refractivity contribution in [3.05, 3.63) is 55.9 Å². The number of nitrogens with zero attached hydrogens (tertiary/aromatic N) is 6. The molecule has 0 saturated carbocycles. The molecule has 0 bridgehead atoms. The molecule has 3 aromatic rings. The van der Waals surface area contributed by atoms with E-state index >= 15 is 0 Å². The third-order valence-electron chi connectivity index (χ3n) is 3.95. The van der Waals surface area contributed by atoms with Crippen LogP contribution in [0.4, 0.5) is 0 Å². The van der Waals surface area contributed by atoms with Crippen molar-refractivity contribution in [2.75, 3.05) is 12.1 Å². The number of alkyl halides is 3. The Bertz CT molecular complexity index is 1270. The maximum Gasteiger partial charge on any atom is 0.375 e. The Morgan fingerprint density at radius 2 is 1.76 bits per heavy atom. The molecule has 0 atom stereocenters. The molecule has 2 heterocycles. The van der Waals surface area contributed by atoms with Gasteiger partial charge in [-0.3, -0.25) is 4.79 Å². The number of hydrogen-bond donors (Lipinski definition) is 2. The Labute approximate surface area is 223 Å². The van der Waals surface area contributed by atoms with Gasteiger partial charge in [0.15, 0.2) is 5.82 Å². The van der Waals surface area contributed by atoms with E-state index in [9.17, 15) is 9.59 Å². The Morgan fingerprint density at radius 1 is 1.15 bits per heavy atom. The first kappa shape index (κ1) is 28.5. The minimum Gasteiger partial charge on any atom is -0.475 e. The molecule has 10 nitrogen and oxygen atoms in total. The third kappa shape index (κ3) is 6.67. The second-order valence-corrected chi connectivity index (χ2v) is 11.4. The zero-order chi connectivity index (χ0) is 26.0. The van der Waals surface area contributed by atoms with E-state index in [0.717, 1.165) is 9.36 Å². The van der Waals surface area contributed by atoms with Crippen LogP contribution >= 0.6 is 69.8 Å². The van der Waals surface area contributed by atoms with Crippen LogP contribution in [-0.2, 0) is 9.21 Å². The Kier molecular flexibility index (Phi) is 9.11. The number of hydrogen-bond acceptors (Lipinski definition) is 8. The minimum absolute atomic E-state index is 0.191. The van der Waals surface area contributed by atoms with Crippen LogP contribution in [0.25, 0.3) is 5.69 Å². The van der Waals surface area contributed by atoms with E-state index < -0.39 is 15.6 Å². The van der Waals surface area contributed by atoms with Crippen molar-refractivity contribution in [3.63, 3.8) is 0 Å². The molecule has 0 radical (unpaired) electrons. The van der Waals surface area contributed by atoms with Gasteiger partial charge in [0.05, 0.1) is 10.7 Å². The van der Waals surface area contributed by atoms with Gasteiger partial charge < -0.3 is 10.9 Å². The molecule has 0 saturated heterocycles. The quantitative estimate of drug-likeness (QED) is 0.257. The molecular weight excluding hydrogens is 572 g/mol. The van der Waals surface area contributed by atoms with Gasteiger partial charge in [-0.05, 0) is 24.5 Å². The fourth-order valence-corrected chi connectivity index (χ4v) is 3.66. The average Bonchev–Trinajstić information content (AvgIpc) is 3.15. The highest BCUT2D eigenvalue weighted by molar-refractivity contribution is 7.98. The molecule has 0 unspecified atom stereocenters. The van der Waals surface area contributed by atoms with Crippen LogP contribution in [-0.4, -0.2) is 47.0 Å². The van der Waals surface area contributed by atoms with Gasteiger partial charge in [0, 0.05) is 10.4 Å². The number of rotatable bonds is 3. The summed E-state index contributed by atoms with van der Waals surface area (Å²) < 4.78 is 0.122. The van der Waals surface area contributed by atoms with Crippen LogP contribution in [0.2, 0.25) is 10.0 Å². The van der Waals surface area contributed by atoms with Gasteiger partial charge in [-0.2, -0.15) is 4.68 Å². The lowest BCUT2D eigenvalue weighted by molar-refractivity contribution is 0.0683. The molecule has 0 aliphatic rings. The van der Waals surface area contributed by atoms with Gasteiger partial charge in [0.25, 0.3) is 11.4 Å². The maximum absolute atomic E-state index is 11.7. The van der Waals surface area contributed by atoms with E-state index in [1.807, 2.05) is 20.8 Å². The molecule has 1 aromatic carbocycles. The largest absolute Gasteiger partial charge is 0.475 e. The van der Waals surface area contributed by atoms with E-state index in [4.69, 9.17) is 69.0 Å². The summed E-state index contributed by atoms with van der Waals surface area (Å²) in [6.07, 6.45) is 1.80. The molecule has 2 aromatic heterocycles. The number of carbonyl (C=O) groups is 1. The first-order chi connectivity index (χ1) is 15.6. The molecule has 3 N–H and O–H groups in total. The van der Waals surface area contributed by atoms with Gasteiger partial charge in [-0.25, -0.2) is 14.5 Å². The van der Waals surface area contributed by atoms with Crippen LogP contribution < -0.4 is 11.4 Å². The molecule has 0 amide bonds. The highest BCUT2D eigenvalue weighted by Crippen LogP contribution is 2.39. The van der Waals surface area contributed by atoms with E-state index in [0.29, 0.717) is 15.9 Å². The van der Waals surface area contributed by atoms with E-state index in [2.05, 4.69) is 20.3 Å². The van der Waals surface area contributed by atoms with Gasteiger partial charge in [0.2, 0.25) is 8.95 Å². The predicted molar refractivity (Wildman–Crippen MR) is 134 cm³/mol.